The van der Waals surface area contributed by atoms with Gasteiger partial charge in [0.05, 0.1) is 11.2 Å². The normalized spacial score (nSPS) is 21.5. The van der Waals surface area contributed by atoms with Gasteiger partial charge in [0, 0.05) is 19.2 Å². The molecule has 0 saturated carbocycles. The van der Waals surface area contributed by atoms with E-state index in [1.807, 2.05) is 12.3 Å². The fourth-order valence-corrected chi connectivity index (χ4v) is 3.19. The third-order valence-electron chi connectivity index (χ3n) is 2.86. The van der Waals surface area contributed by atoms with Crippen LogP contribution in [0.4, 0.5) is 5.82 Å². The smallest absolute Gasteiger partial charge is 0.190 e. The van der Waals surface area contributed by atoms with E-state index in [0.717, 1.165) is 18.9 Å². The maximum absolute atomic E-state index is 6.08. The van der Waals surface area contributed by atoms with Crippen LogP contribution in [0.1, 0.15) is 27.7 Å². The van der Waals surface area contributed by atoms with E-state index in [-0.39, 0.29) is 11.2 Å². The Morgan fingerprint density at radius 3 is 2.32 bits per heavy atom. The highest BCUT2D eigenvalue weighted by Crippen LogP contribution is 2.31. The number of halogens is 1. The SMILES string of the molecule is CSc1nc(Cl)cc(N2CC(C)(C)OC(C)(C)C2)n1. The Morgan fingerprint density at radius 2 is 1.79 bits per heavy atom. The molecule has 1 saturated heterocycles. The van der Waals surface area contributed by atoms with Crippen molar-refractivity contribution >= 4 is 29.2 Å². The minimum atomic E-state index is -0.210. The Labute approximate surface area is 123 Å². The number of hydrogen-bond donors (Lipinski definition) is 0. The molecule has 0 bridgehead atoms. The van der Waals surface area contributed by atoms with Gasteiger partial charge in [0.15, 0.2) is 5.16 Å². The summed E-state index contributed by atoms with van der Waals surface area (Å²) in [5.41, 5.74) is -0.419. The number of ether oxygens (including phenoxy) is 1. The van der Waals surface area contributed by atoms with Gasteiger partial charge >= 0.3 is 0 Å². The summed E-state index contributed by atoms with van der Waals surface area (Å²) in [5, 5.41) is 1.18. The molecule has 0 aliphatic carbocycles. The van der Waals surface area contributed by atoms with Gasteiger partial charge in [0.2, 0.25) is 0 Å². The topological polar surface area (TPSA) is 38.2 Å². The molecule has 1 aromatic heterocycles. The molecule has 0 atom stereocenters. The summed E-state index contributed by atoms with van der Waals surface area (Å²) in [5.74, 6) is 0.869. The van der Waals surface area contributed by atoms with E-state index in [1.54, 1.807) is 0 Å². The van der Waals surface area contributed by atoms with Crippen molar-refractivity contribution < 1.29 is 4.74 Å². The van der Waals surface area contributed by atoms with Gasteiger partial charge in [-0.25, -0.2) is 9.97 Å². The molecule has 1 fully saturated rings. The molecule has 19 heavy (non-hydrogen) atoms. The third-order valence-corrected chi connectivity index (χ3v) is 3.60. The standard InChI is InChI=1S/C13H20ClN3OS/c1-12(2)7-17(8-13(3,4)18-12)10-6-9(14)15-11(16-10)19-5/h6H,7-8H2,1-5H3. The zero-order chi connectivity index (χ0) is 14.3. The van der Waals surface area contributed by atoms with Gasteiger partial charge in [-0.1, -0.05) is 23.4 Å². The lowest BCUT2D eigenvalue weighted by molar-refractivity contribution is -0.133. The van der Waals surface area contributed by atoms with Crippen molar-refractivity contribution in [3.05, 3.63) is 11.2 Å². The quantitative estimate of drug-likeness (QED) is 0.476. The van der Waals surface area contributed by atoms with E-state index in [2.05, 4.69) is 42.6 Å². The second-order valence-corrected chi connectivity index (χ2v) is 7.17. The fraction of sp³-hybridized carbons (Fsp3) is 0.692. The molecule has 2 heterocycles. The average molecular weight is 302 g/mol. The Balaban J connectivity index is 2.33. The molecular weight excluding hydrogens is 282 g/mol. The van der Waals surface area contributed by atoms with Crippen LogP contribution in [0.25, 0.3) is 0 Å². The average Bonchev–Trinajstić information content (AvgIpc) is 2.24. The molecule has 0 N–H and O–H groups in total. The minimum Gasteiger partial charge on any atom is -0.366 e. The van der Waals surface area contributed by atoms with Crippen molar-refractivity contribution in [2.24, 2.45) is 0 Å². The molecule has 0 spiro atoms. The van der Waals surface area contributed by atoms with Gasteiger partial charge in [-0.15, -0.1) is 0 Å². The highest BCUT2D eigenvalue weighted by atomic mass is 35.5. The van der Waals surface area contributed by atoms with Crippen LogP contribution in [0.3, 0.4) is 0 Å². The molecule has 4 nitrogen and oxygen atoms in total. The first-order valence-electron chi connectivity index (χ1n) is 6.24. The predicted molar refractivity (Wildman–Crippen MR) is 80.3 cm³/mol. The van der Waals surface area contributed by atoms with Crippen LogP contribution in [0, 0.1) is 0 Å². The summed E-state index contributed by atoms with van der Waals surface area (Å²) in [6.45, 7) is 9.96. The van der Waals surface area contributed by atoms with Crippen LogP contribution in [-0.4, -0.2) is 40.5 Å². The van der Waals surface area contributed by atoms with Crippen molar-refractivity contribution in [2.45, 2.75) is 44.1 Å². The molecule has 1 aliphatic rings. The number of rotatable bonds is 2. The molecule has 0 amide bonds. The van der Waals surface area contributed by atoms with Gasteiger partial charge in [-0.05, 0) is 34.0 Å². The zero-order valence-electron chi connectivity index (χ0n) is 12.0. The maximum atomic E-state index is 6.08. The highest BCUT2D eigenvalue weighted by molar-refractivity contribution is 7.98. The van der Waals surface area contributed by atoms with Crippen LogP contribution < -0.4 is 4.90 Å². The van der Waals surface area contributed by atoms with E-state index in [4.69, 9.17) is 16.3 Å². The van der Waals surface area contributed by atoms with Gasteiger partial charge in [-0.3, -0.25) is 0 Å². The molecule has 6 heteroatoms. The Bertz CT molecular complexity index is 463. The molecule has 1 aromatic rings. The summed E-state index contributed by atoms with van der Waals surface area (Å²) < 4.78 is 6.08. The highest BCUT2D eigenvalue weighted by Gasteiger charge is 2.38. The van der Waals surface area contributed by atoms with Gasteiger partial charge in [0.1, 0.15) is 11.0 Å². The van der Waals surface area contributed by atoms with Crippen molar-refractivity contribution in [1.29, 1.82) is 0 Å². The Kier molecular flexibility index (Phi) is 4.00. The van der Waals surface area contributed by atoms with Crippen molar-refractivity contribution in [1.82, 2.24) is 9.97 Å². The minimum absolute atomic E-state index is 0.210. The van der Waals surface area contributed by atoms with Crippen LogP contribution in [0.2, 0.25) is 5.15 Å². The van der Waals surface area contributed by atoms with Crippen molar-refractivity contribution in [3.63, 3.8) is 0 Å². The zero-order valence-corrected chi connectivity index (χ0v) is 13.6. The molecule has 106 valence electrons. The van der Waals surface area contributed by atoms with Crippen LogP contribution >= 0.6 is 23.4 Å². The largest absolute Gasteiger partial charge is 0.366 e. The first kappa shape index (κ1) is 14.9. The molecular formula is C13H20ClN3OS. The van der Waals surface area contributed by atoms with Crippen molar-refractivity contribution in [2.75, 3.05) is 24.2 Å². The number of nitrogens with zero attached hydrogens (tertiary/aromatic N) is 3. The molecule has 1 aliphatic heterocycles. The maximum Gasteiger partial charge on any atom is 0.190 e. The lowest BCUT2D eigenvalue weighted by Gasteiger charge is -2.47. The van der Waals surface area contributed by atoms with Crippen LogP contribution in [0.15, 0.2) is 11.2 Å². The van der Waals surface area contributed by atoms with E-state index in [9.17, 15) is 0 Å². The Morgan fingerprint density at radius 1 is 1.21 bits per heavy atom. The summed E-state index contributed by atoms with van der Waals surface area (Å²) in [4.78, 5) is 10.9. The Hall–Kier alpha value is -0.520. The fourth-order valence-electron chi connectivity index (χ4n) is 2.59. The first-order valence-corrected chi connectivity index (χ1v) is 7.85. The number of thioether (sulfide) groups is 1. The molecule has 2 rings (SSSR count). The summed E-state index contributed by atoms with van der Waals surface area (Å²) in [6.07, 6.45) is 1.95. The predicted octanol–water partition coefficient (Wildman–Crippen LogP) is 3.25. The second-order valence-electron chi connectivity index (χ2n) is 6.01. The summed E-state index contributed by atoms with van der Waals surface area (Å²) in [7, 11) is 0. The number of hydrogen-bond acceptors (Lipinski definition) is 5. The summed E-state index contributed by atoms with van der Waals surface area (Å²) >= 11 is 7.56. The van der Waals surface area contributed by atoms with Crippen molar-refractivity contribution in [3.8, 4) is 0 Å². The lowest BCUT2D eigenvalue weighted by Crippen LogP contribution is -2.57. The molecule has 0 aromatic carbocycles. The first-order chi connectivity index (χ1) is 8.71. The molecule has 0 unspecified atom stereocenters. The van der Waals surface area contributed by atoms with Gasteiger partial charge < -0.3 is 9.64 Å². The van der Waals surface area contributed by atoms with Gasteiger partial charge in [0.25, 0.3) is 0 Å². The second kappa shape index (κ2) is 5.11. The number of anilines is 1. The number of aromatic nitrogens is 2. The van der Waals surface area contributed by atoms with E-state index < -0.39 is 0 Å². The third kappa shape index (κ3) is 3.74. The van der Waals surface area contributed by atoms with E-state index in [1.165, 1.54) is 11.8 Å². The van der Waals surface area contributed by atoms with Crippen LogP contribution in [0.5, 0.6) is 0 Å². The van der Waals surface area contributed by atoms with Crippen LogP contribution in [-0.2, 0) is 4.74 Å². The summed E-state index contributed by atoms with van der Waals surface area (Å²) in [6, 6.07) is 1.82. The number of morpholine rings is 1. The molecule has 0 radical (unpaired) electrons. The lowest BCUT2D eigenvalue weighted by atomic mass is 9.99. The van der Waals surface area contributed by atoms with Gasteiger partial charge in [-0.2, -0.15) is 0 Å². The van der Waals surface area contributed by atoms with E-state index >= 15 is 0 Å². The van der Waals surface area contributed by atoms with E-state index in [0.29, 0.717) is 10.3 Å². The monoisotopic (exact) mass is 301 g/mol.